The zero-order chi connectivity index (χ0) is 20.9. The first-order valence-electron chi connectivity index (χ1n) is 10.1. The lowest BCUT2D eigenvalue weighted by Gasteiger charge is -2.29. The second kappa shape index (κ2) is 9.52. The van der Waals surface area contributed by atoms with E-state index < -0.39 is 10.0 Å². The van der Waals surface area contributed by atoms with Crippen molar-refractivity contribution in [3.05, 3.63) is 60.2 Å². The summed E-state index contributed by atoms with van der Waals surface area (Å²) in [5.74, 6) is -0.0365. The van der Waals surface area contributed by atoms with Crippen LogP contribution in [0, 0.1) is 0 Å². The number of hydrogen-bond acceptors (Lipinski definition) is 3. The highest BCUT2D eigenvalue weighted by atomic mass is 32.2. The van der Waals surface area contributed by atoms with Gasteiger partial charge in [0.2, 0.25) is 10.0 Å². The molecule has 0 aliphatic carbocycles. The Morgan fingerprint density at radius 3 is 2.45 bits per heavy atom. The molecule has 2 N–H and O–H groups in total. The number of benzene rings is 2. The molecule has 2 aromatic carbocycles. The van der Waals surface area contributed by atoms with Crippen LogP contribution in [0.15, 0.2) is 59.5 Å². The summed E-state index contributed by atoms with van der Waals surface area (Å²) in [6.07, 6.45) is 3.56. The molecule has 1 aliphatic heterocycles. The van der Waals surface area contributed by atoms with Gasteiger partial charge in [-0.2, -0.15) is 4.31 Å². The minimum atomic E-state index is -3.60. The molecule has 3 rings (SSSR count). The van der Waals surface area contributed by atoms with Crippen LogP contribution < -0.4 is 10.2 Å². The molecule has 1 heterocycles. The largest absolute Gasteiger partial charge is 0.325 e. The summed E-state index contributed by atoms with van der Waals surface area (Å²) in [6, 6.07) is 16.4. The average Bonchev–Trinajstić information content (AvgIpc) is 2.71. The Bertz CT molecular complexity index is 914. The second-order valence-electron chi connectivity index (χ2n) is 7.80. The first-order chi connectivity index (χ1) is 13.9. The number of nitrogens with one attached hydrogen (secondary N) is 2. The van der Waals surface area contributed by atoms with E-state index in [2.05, 4.69) is 12.2 Å². The van der Waals surface area contributed by atoms with Gasteiger partial charge in [-0.3, -0.25) is 4.79 Å². The number of likely N-dealkylation sites (tertiary alicyclic amines) is 1. The summed E-state index contributed by atoms with van der Waals surface area (Å²) in [4.78, 5) is 13.9. The van der Waals surface area contributed by atoms with Crippen molar-refractivity contribution in [3.63, 3.8) is 0 Å². The van der Waals surface area contributed by atoms with Crippen molar-refractivity contribution in [2.45, 2.75) is 43.7 Å². The third-order valence-electron chi connectivity index (χ3n) is 5.56. The van der Waals surface area contributed by atoms with Gasteiger partial charge < -0.3 is 10.2 Å². The third-order valence-corrected chi connectivity index (χ3v) is 7.38. The van der Waals surface area contributed by atoms with E-state index in [1.54, 1.807) is 31.3 Å². The normalized spacial score (nSPS) is 19.8. The minimum Gasteiger partial charge on any atom is -0.325 e. The molecule has 0 spiro atoms. The molecule has 0 radical (unpaired) electrons. The molecule has 1 aliphatic rings. The van der Waals surface area contributed by atoms with Crippen LogP contribution in [0.3, 0.4) is 0 Å². The van der Waals surface area contributed by atoms with Crippen LogP contribution in [-0.4, -0.2) is 44.8 Å². The number of quaternary nitrogens is 1. The van der Waals surface area contributed by atoms with Gasteiger partial charge in [0, 0.05) is 19.3 Å². The zero-order valence-corrected chi connectivity index (χ0v) is 17.9. The van der Waals surface area contributed by atoms with Crippen LogP contribution in [0.5, 0.6) is 0 Å². The fraction of sp³-hybridized carbons (Fsp3) is 0.409. The van der Waals surface area contributed by atoms with E-state index in [4.69, 9.17) is 0 Å². The van der Waals surface area contributed by atoms with Gasteiger partial charge in [0.1, 0.15) is 0 Å². The van der Waals surface area contributed by atoms with Crippen molar-refractivity contribution in [1.82, 2.24) is 4.31 Å². The van der Waals surface area contributed by atoms with Crippen LogP contribution in [0.2, 0.25) is 0 Å². The van der Waals surface area contributed by atoms with E-state index in [9.17, 15) is 13.2 Å². The highest BCUT2D eigenvalue weighted by Gasteiger charge is 2.24. The number of nitrogens with zero attached hydrogens (tertiary/aromatic N) is 1. The molecule has 1 unspecified atom stereocenters. The molecule has 6 nitrogen and oxygen atoms in total. The highest BCUT2D eigenvalue weighted by Crippen LogP contribution is 2.19. The van der Waals surface area contributed by atoms with Crippen molar-refractivity contribution in [1.29, 1.82) is 0 Å². The number of hydrogen-bond donors (Lipinski definition) is 2. The average molecular weight is 417 g/mol. The maximum Gasteiger partial charge on any atom is 0.279 e. The molecule has 0 aromatic heterocycles. The molecule has 156 valence electrons. The summed E-state index contributed by atoms with van der Waals surface area (Å²) in [5.41, 5.74) is 1.54. The van der Waals surface area contributed by atoms with E-state index >= 15 is 0 Å². The Kier molecular flexibility index (Phi) is 7.05. The predicted octanol–water partition coefficient (Wildman–Crippen LogP) is 1.90. The van der Waals surface area contributed by atoms with Gasteiger partial charge in [-0.1, -0.05) is 30.3 Å². The molecule has 29 heavy (non-hydrogen) atoms. The highest BCUT2D eigenvalue weighted by molar-refractivity contribution is 7.89. The lowest BCUT2D eigenvalue weighted by Crippen LogP contribution is -3.17. The molecule has 1 saturated heterocycles. The lowest BCUT2D eigenvalue weighted by atomic mass is 10.0. The van der Waals surface area contributed by atoms with Crippen LogP contribution in [0.4, 0.5) is 5.69 Å². The summed E-state index contributed by atoms with van der Waals surface area (Å²) in [5, 5.41) is 2.89. The quantitative estimate of drug-likeness (QED) is 0.724. The van der Waals surface area contributed by atoms with Crippen molar-refractivity contribution < 1.29 is 18.1 Å². The van der Waals surface area contributed by atoms with Gasteiger partial charge in [-0.05, 0) is 56.0 Å². The number of carbonyl (C=O) groups excluding carboxylic acids is 1. The van der Waals surface area contributed by atoms with Crippen molar-refractivity contribution in [3.8, 4) is 0 Å². The molecule has 2 aromatic rings. The fourth-order valence-corrected chi connectivity index (χ4v) is 4.90. The number of piperidine rings is 1. The van der Waals surface area contributed by atoms with Crippen LogP contribution in [0.25, 0.3) is 0 Å². The smallest absolute Gasteiger partial charge is 0.279 e. The molecule has 1 amide bonds. The van der Waals surface area contributed by atoms with E-state index in [-0.39, 0.29) is 10.8 Å². The third kappa shape index (κ3) is 5.65. The predicted molar refractivity (Wildman–Crippen MR) is 114 cm³/mol. The van der Waals surface area contributed by atoms with Crippen LogP contribution >= 0.6 is 0 Å². The number of amides is 1. The summed E-state index contributed by atoms with van der Waals surface area (Å²) in [6.45, 7) is 3.96. The topological polar surface area (TPSA) is 70.9 Å². The SMILES string of the molecule is C[C@@H]1CCCC[NH+]1CC(=O)Nc1ccc(S(=O)(=O)N(C)Cc2ccccc2)cc1. The van der Waals surface area contributed by atoms with Crippen LogP contribution in [-0.2, 0) is 21.4 Å². The van der Waals surface area contributed by atoms with E-state index in [0.717, 1.165) is 24.9 Å². The maximum absolute atomic E-state index is 12.8. The van der Waals surface area contributed by atoms with Gasteiger partial charge in [0.15, 0.2) is 6.54 Å². The summed E-state index contributed by atoms with van der Waals surface area (Å²) in [7, 11) is -2.03. The Labute approximate surface area is 173 Å². The Hall–Kier alpha value is -2.22. The molecule has 0 bridgehead atoms. The Balaban J connectivity index is 1.60. The number of rotatable bonds is 7. The van der Waals surface area contributed by atoms with Gasteiger partial charge >= 0.3 is 0 Å². The van der Waals surface area contributed by atoms with E-state index in [1.807, 2.05) is 30.3 Å². The second-order valence-corrected chi connectivity index (χ2v) is 9.85. The number of sulfonamides is 1. The van der Waals surface area contributed by atoms with Crippen LogP contribution in [0.1, 0.15) is 31.7 Å². The summed E-state index contributed by atoms with van der Waals surface area (Å²) >= 11 is 0. The first-order valence-corrected chi connectivity index (χ1v) is 11.5. The number of anilines is 1. The number of carbonyl (C=O) groups is 1. The van der Waals surface area contributed by atoms with Gasteiger partial charge in [-0.15, -0.1) is 0 Å². The zero-order valence-electron chi connectivity index (χ0n) is 17.1. The molecule has 7 heteroatoms. The van der Waals surface area contributed by atoms with Gasteiger partial charge in [-0.25, -0.2) is 8.42 Å². The van der Waals surface area contributed by atoms with Crippen molar-refractivity contribution >= 4 is 21.6 Å². The first kappa shape index (κ1) is 21.5. The van der Waals surface area contributed by atoms with Crippen molar-refractivity contribution in [2.75, 3.05) is 25.5 Å². The maximum atomic E-state index is 12.8. The lowest BCUT2D eigenvalue weighted by molar-refractivity contribution is -0.920. The minimum absolute atomic E-state index is 0.0365. The molecular formula is C22H30N3O3S+. The molecule has 2 atom stereocenters. The van der Waals surface area contributed by atoms with Crippen molar-refractivity contribution in [2.24, 2.45) is 0 Å². The fourth-order valence-electron chi connectivity index (χ4n) is 3.74. The standard InChI is InChI=1S/C22H29N3O3S/c1-18-8-6-7-15-25(18)17-22(26)23-20-11-13-21(14-12-20)29(27,28)24(2)16-19-9-4-3-5-10-19/h3-5,9-14,18H,6-8,15-17H2,1-2H3,(H,23,26)/p+1/t18-/m1/s1. The van der Waals surface area contributed by atoms with E-state index in [1.165, 1.54) is 15.6 Å². The monoisotopic (exact) mass is 416 g/mol. The Morgan fingerprint density at radius 2 is 1.79 bits per heavy atom. The van der Waals surface area contributed by atoms with Gasteiger partial charge in [0.05, 0.1) is 17.5 Å². The van der Waals surface area contributed by atoms with E-state index in [0.29, 0.717) is 24.8 Å². The molecule has 0 saturated carbocycles. The molecule has 1 fully saturated rings. The Morgan fingerprint density at radius 1 is 1.10 bits per heavy atom. The van der Waals surface area contributed by atoms with Gasteiger partial charge in [0.25, 0.3) is 5.91 Å². The molecular weight excluding hydrogens is 386 g/mol. The summed E-state index contributed by atoms with van der Waals surface area (Å²) < 4.78 is 26.9.